The van der Waals surface area contributed by atoms with Crippen molar-refractivity contribution in [1.82, 2.24) is 5.32 Å². The van der Waals surface area contributed by atoms with E-state index in [9.17, 15) is 30.0 Å². The topological polar surface area (TPSA) is 147 Å². The number of carboxylic acids is 1. The van der Waals surface area contributed by atoms with Gasteiger partial charge in [-0.2, -0.15) is 0 Å². The first-order valence-electron chi connectivity index (χ1n) is 13.1. The molecule has 0 spiro atoms. The van der Waals surface area contributed by atoms with Gasteiger partial charge in [0.05, 0.1) is 24.4 Å². The Labute approximate surface area is 202 Å². The van der Waals surface area contributed by atoms with Crippen LogP contribution in [-0.4, -0.2) is 68.4 Å². The van der Waals surface area contributed by atoms with Crippen LogP contribution in [0.5, 0.6) is 0 Å². The molecule has 0 aromatic carbocycles. The molecule has 0 saturated heterocycles. The number of carbonyl (C=O) groups excluding carboxylic acids is 1. The number of carboxylic acid groups (broad SMARTS) is 1. The van der Waals surface area contributed by atoms with Crippen molar-refractivity contribution >= 4 is 11.9 Å². The highest BCUT2D eigenvalue weighted by atomic mass is 16.4. The number of fused-ring (bicyclic) bond motifs is 5. The van der Waals surface area contributed by atoms with Crippen molar-refractivity contribution in [2.75, 3.05) is 6.54 Å². The Bertz CT molecular complexity index is 791. The van der Waals surface area contributed by atoms with Crippen LogP contribution in [0.4, 0.5) is 0 Å². The molecular formula is C26H43NO7. The fourth-order valence-corrected chi connectivity index (χ4v) is 9.03. The number of carbonyl (C=O) groups is 2. The van der Waals surface area contributed by atoms with Crippen LogP contribution < -0.4 is 5.32 Å². The van der Waals surface area contributed by atoms with Crippen LogP contribution in [0.2, 0.25) is 0 Å². The standard InChI is InChI=1S/C26H43NO7/c1-13(4-7-22(32)27-12-23(33)34)16-5-6-17-24-18(11-21(31)26(16,17)3)25(2)14(9-19(24)29)8-15(28)10-20(25)30/h13-21,24,28-31H,4-12H2,1-3H3,(H,27,32)(H,33,34)/t13-,14+,15+,16-,17+,18+,19-,20-,21+,24+,25+,26-/m1/s1. The molecule has 0 unspecified atom stereocenters. The molecular weight excluding hydrogens is 438 g/mol. The summed E-state index contributed by atoms with van der Waals surface area (Å²) in [6.45, 7) is 6.00. The van der Waals surface area contributed by atoms with E-state index < -0.39 is 35.8 Å². The highest BCUT2D eigenvalue weighted by Gasteiger charge is 2.67. The van der Waals surface area contributed by atoms with E-state index in [1.54, 1.807) is 0 Å². The van der Waals surface area contributed by atoms with E-state index in [0.29, 0.717) is 32.1 Å². The Balaban J connectivity index is 1.51. The average Bonchev–Trinajstić information content (AvgIpc) is 3.11. The van der Waals surface area contributed by atoms with Crippen molar-refractivity contribution in [1.29, 1.82) is 0 Å². The Morgan fingerprint density at radius 1 is 0.941 bits per heavy atom. The zero-order valence-electron chi connectivity index (χ0n) is 20.7. The molecule has 0 aromatic rings. The summed E-state index contributed by atoms with van der Waals surface area (Å²) in [4.78, 5) is 22.7. The highest BCUT2D eigenvalue weighted by molar-refractivity contribution is 5.81. The van der Waals surface area contributed by atoms with Gasteiger partial charge in [-0.25, -0.2) is 0 Å². The van der Waals surface area contributed by atoms with E-state index in [0.717, 1.165) is 12.8 Å². The smallest absolute Gasteiger partial charge is 0.322 e. The van der Waals surface area contributed by atoms with Crippen molar-refractivity contribution in [2.45, 2.75) is 96.6 Å². The Kier molecular flexibility index (Phi) is 7.10. The van der Waals surface area contributed by atoms with Crippen LogP contribution in [0.15, 0.2) is 0 Å². The maximum absolute atomic E-state index is 12.0. The summed E-state index contributed by atoms with van der Waals surface area (Å²) in [5.74, 6) is -0.752. The molecule has 194 valence electrons. The molecule has 4 fully saturated rings. The molecule has 0 radical (unpaired) electrons. The van der Waals surface area contributed by atoms with Crippen molar-refractivity contribution in [3.05, 3.63) is 0 Å². The van der Waals surface area contributed by atoms with Gasteiger partial charge in [-0.15, -0.1) is 0 Å². The van der Waals surface area contributed by atoms with E-state index in [4.69, 9.17) is 5.11 Å². The molecule has 4 aliphatic carbocycles. The van der Waals surface area contributed by atoms with E-state index in [-0.39, 0.29) is 59.8 Å². The first-order chi connectivity index (χ1) is 15.9. The summed E-state index contributed by atoms with van der Waals surface area (Å²) in [7, 11) is 0. The van der Waals surface area contributed by atoms with Crippen molar-refractivity contribution in [3.8, 4) is 0 Å². The molecule has 8 heteroatoms. The van der Waals surface area contributed by atoms with Gasteiger partial charge in [-0.3, -0.25) is 9.59 Å². The number of aliphatic hydroxyl groups excluding tert-OH is 4. The fraction of sp³-hybridized carbons (Fsp3) is 0.923. The molecule has 4 aliphatic rings. The van der Waals surface area contributed by atoms with Crippen LogP contribution in [0.3, 0.4) is 0 Å². The first-order valence-corrected chi connectivity index (χ1v) is 13.1. The lowest BCUT2D eigenvalue weighted by Gasteiger charge is -2.64. The number of aliphatic carboxylic acids is 1. The van der Waals surface area contributed by atoms with E-state index in [1.807, 2.05) is 0 Å². The van der Waals surface area contributed by atoms with E-state index in [2.05, 4.69) is 26.1 Å². The number of hydrogen-bond donors (Lipinski definition) is 6. The van der Waals surface area contributed by atoms with Crippen LogP contribution in [0.1, 0.15) is 72.1 Å². The third-order valence-corrected chi connectivity index (χ3v) is 10.9. The molecule has 12 atom stereocenters. The normalized spacial score (nSPS) is 48.9. The van der Waals surface area contributed by atoms with Crippen LogP contribution in [0, 0.1) is 46.3 Å². The largest absolute Gasteiger partial charge is 0.480 e. The van der Waals surface area contributed by atoms with Gasteiger partial charge in [0.2, 0.25) is 5.91 Å². The van der Waals surface area contributed by atoms with Gasteiger partial charge in [-0.1, -0.05) is 20.8 Å². The molecule has 0 aromatic heterocycles. The molecule has 8 nitrogen and oxygen atoms in total. The summed E-state index contributed by atoms with van der Waals surface area (Å²) >= 11 is 0. The summed E-state index contributed by atoms with van der Waals surface area (Å²) in [5, 5.41) is 55.4. The lowest BCUT2D eigenvalue weighted by molar-refractivity contribution is -0.234. The molecule has 0 aliphatic heterocycles. The number of rotatable bonds is 6. The van der Waals surface area contributed by atoms with E-state index >= 15 is 0 Å². The van der Waals surface area contributed by atoms with Gasteiger partial charge >= 0.3 is 5.97 Å². The summed E-state index contributed by atoms with van der Waals surface area (Å²) in [6, 6.07) is 0. The Morgan fingerprint density at radius 2 is 1.62 bits per heavy atom. The van der Waals surface area contributed by atoms with Gasteiger partial charge in [0, 0.05) is 6.42 Å². The summed E-state index contributed by atoms with van der Waals surface area (Å²) in [6.07, 6.45) is 2.53. The van der Waals surface area contributed by atoms with E-state index in [1.165, 1.54) is 0 Å². The van der Waals surface area contributed by atoms with Gasteiger partial charge in [0.15, 0.2) is 0 Å². The molecule has 6 N–H and O–H groups in total. The molecule has 0 heterocycles. The molecule has 4 rings (SSSR count). The number of nitrogens with one attached hydrogen (secondary N) is 1. The highest BCUT2D eigenvalue weighted by Crippen LogP contribution is 2.68. The first kappa shape index (κ1) is 25.9. The fourth-order valence-electron chi connectivity index (χ4n) is 9.03. The van der Waals surface area contributed by atoms with Crippen LogP contribution >= 0.6 is 0 Å². The Morgan fingerprint density at radius 3 is 2.29 bits per heavy atom. The molecule has 4 saturated carbocycles. The van der Waals surface area contributed by atoms with Crippen LogP contribution in [-0.2, 0) is 9.59 Å². The van der Waals surface area contributed by atoms with Crippen molar-refractivity contribution < 1.29 is 35.1 Å². The minimum atomic E-state index is -1.06. The Hall–Kier alpha value is -1.22. The lowest BCUT2D eigenvalue weighted by atomic mass is 9.42. The lowest BCUT2D eigenvalue weighted by Crippen LogP contribution is -2.65. The predicted molar refractivity (Wildman–Crippen MR) is 124 cm³/mol. The number of amides is 1. The number of hydrogen-bond acceptors (Lipinski definition) is 6. The van der Waals surface area contributed by atoms with Gasteiger partial charge in [0.1, 0.15) is 6.54 Å². The molecule has 34 heavy (non-hydrogen) atoms. The zero-order chi connectivity index (χ0) is 25.0. The minimum Gasteiger partial charge on any atom is -0.480 e. The number of aliphatic hydroxyl groups is 4. The molecule has 1 amide bonds. The van der Waals surface area contributed by atoms with Gasteiger partial charge in [0.25, 0.3) is 0 Å². The molecule has 0 bridgehead atoms. The SMILES string of the molecule is C[C@H](CCC(=O)NCC(=O)O)[C@H]1CC[C@H]2[C@@H]3[C@H](O)C[C@@H]4C[C@H](O)C[C@@H](O)[C@]4(C)[C@H]3C[C@H](O)[C@]12C. The third-order valence-electron chi connectivity index (χ3n) is 10.9. The monoisotopic (exact) mass is 481 g/mol. The average molecular weight is 482 g/mol. The maximum Gasteiger partial charge on any atom is 0.322 e. The quantitative estimate of drug-likeness (QED) is 0.337. The predicted octanol–water partition coefficient (Wildman–Crippen LogP) is 1.54. The second kappa shape index (κ2) is 9.34. The van der Waals surface area contributed by atoms with Gasteiger partial charge in [-0.05, 0) is 91.3 Å². The van der Waals surface area contributed by atoms with Crippen LogP contribution in [0.25, 0.3) is 0 Å². The van der Waals surface area contributed by atoms with Gasteiger partial charge < -0.3 is 30.8 Å². The van der Waals surface area contributed by atoms with Crippen molar-refractivity contribution in [2.24, 2.45) is 46.3 Å². The summed E-state index contributed by atoms with van der Waals surface area (Å²) < 4.78 is 0. The minimum absolute atomic E-state index is 0.00711. The summed E-state index contributed by atoms with van der Waals surface area (Å²) in [5.41, 5.74) is -0.793. The second-order valence-corrected chi connectivity index (χ2v) is 12.3. The maximum atomic E-state index is 12.0. The third kappa shape index (κ3) is 4.08. The second-order valence-electron chi connectivity index (χ2n) is 12.3. The zero-order valence-corrected chi connectivity index (χ0v) is 20.7. The van der Waals surface area contributed by atoms with Crippen molar-refractivity contribution in [3.63, 3.8) is 0 Å².